The molecule has 0 radical (unpaired) electrons. The number of hydrogen-bond acceptors (Lipinski definition) is 7. The van der Waals surface area contributed by atoms with E-state index in [1.54, 1.807) is 0 Å². The topological polar surface area (TPSA) is 82.1 Å². The molecule has 3 aliphatic heterocycles. The molecule has 31 heavy (non-hydrogen) atoms. The van der Waals surface area contributed by atoms with E-state index in [2.05, 4.69) is 15.2 Å². The molecule has 4 aliphatic rings. The fraction of sp³-hybridized carbons (Fsp3) is 0.636. The van der Waals surface area contributed by atoms with E-state index < -0.39 is 9.84 Å². The van der Waals surface area contributed by atoms with Gasteiger partial charge >= 0.3 is 0 Å². The summed E-state index contributed by atoms with van der Waals surface area (Å²) in [6, 6.07) is 8.11. The van der Waals surface area contributed by atoms with E-state index in [9.17, 15) is 13.2 Å². The average molecular weight is 463 g/mol. The van der Waals surface area contributed by atoms with Gasteiger partial charge in [-0.15, -0.1) is 0 Å². The van der Waals surface area contributed by atoms with Crippen molar-refractivity contribution >= 4 is 38.4 Å². The number of nitrogens with zero attached hydrogens (tertiary/aromatic N) is 3. The van der Waals surface area contributed by atoms with Crippen LogP contribution in [0.1, 0.15) is 42.5 Å². The van der Waals surface area contributed by atoms with Gasteiger partial charge in [0.05, 0.1) is 17.5 Å². The van der Waals surface area contributed by atoms with Crippen LogP contribution in [0.15, 0.2) is 29.3 Å². The lowest BCUT2D eigenvalue weighted by molar-refractivity contribution is 0.0523. The maximum Gasteiger partial charge on any atom is 0.254 e. The Morgan fingerprint density at radius 3 is 2.58 bits per heavy atom. The van der Waals surface area contributed by atoms with Crippen LogP contribution >= 0.6 is 11.8 Å². The van der Waals surface area contributed by atoms with E-state index in [4.69, 9.17) is 0 Å². The highest BCUT2D eigenvalue weighted by atomic mass is 32.2. The minimum absolute atomic E-state index is 0.0118. The first-order chi connectivity index (χ1) is 15.0. The zero-order valence-electron chi connectivity index (χ0n) is 17.7. The number of amides is 1. The second-order valence-electron chi connectivity index (χ2n) is 9.06. The summed E-state index contributed by atoms with van der Waals surface area (Å²) in [4.78, 5) is 22.2. The second kappa shape index (κ2) is 8.75. The van der Waals surface area contributed by atoms with Gasteiger partial charge in [0.1, 0.15) is 0 Å². The third-order valence-electron chi connectivity index (χ3n) is 6.87. The predicted molar refractivity (Wildman–Crippen MR) is 126 cm³/mol. The molecule has 1 saturated carbocycles. The Morgan fingerprint density at radius 2 is 1.84 bits per heavy atom. The van der Waals surface area contributed by atoms with Gasteiger partial charge in [-0.1, -0.05) is 37.1 Å². The van der Waals surface area contributed by atoms with Gasteiger partial charge in [-0.2, -0.15) is 0 Å². The molecule has 7 nitrogen and oxygen atoms in total. The number of benzene rings is 1. The first-order valence-electron chi connectivity index (χ1n) is 11.3. The number of rotatable bonds is 3. The molecule has 1 aliphatic carbocycles. The molecule has 0 aromatic heterocycles. The first kappa shape index (κ1) is 21.3. The Morgan fingerprint density at radius 1 is 1.06 bits per heavy atom. The lowest BCUT2D eigenvalue weighted by Gasteiger charge is -2.40. The number of carbonyl (C=O) groups excluding carboxylic acids is 1. The molecule has 9 heteroatoms. The fourth-order valence-corrected chi connectivity index (χ4v) is 8.86. The van der Waals surface area contributed by atoms with Crippen molar-refractivity contribution in [1.82, 2.24) is 9.80 Å². The molecule has 168 valence electrons. The number of nitrogens with one attached hydrogen (secondary N) is 1. The Kier molecular flexibility index (Phi) is 6.00. The number of piperazine rings is 1. The van der Waals surface area contributed by atoms with Crippen LogP contribution < -0.4 is 5.32 Å². The van der Waals surface area contributed by atoms with Crippen LogP contribution in [-0.4, -0.2) is 84.3 Å². The van der Waals surface area contributed by atoms with Gasteiger partial charge in [-0.05, 0) is 31.0 Å². The number of hydrogen-bond donors (Lipinski definition) is 1. The van der Waals surface area contributed by atoms with Gasteiger partial charge in [0, 0.05) is 48.7 Å². The van der Waals surface area contributed by atoms with E-state index in [0.29, 0.717) is 11.6 Å². The molecule has 1 N–H and O–H groups in total. The summed E-state index contributed by atoms with van der Waals surface area (Å²) in [5, 5.41) is 4.04. The highest BCUT2D eigenvalue weighted by molar-refractivity contribution is 8.15. The van der Waals surface area contributed by atoms with Crippen LogP contribution in [0.2, 0.25) is 0 Å². The van der Waals surface area contributed by atoms with Gasteiger partial charge in [-0.25, -0.2) is 8.42 Å². The summed E-state index contributed by atoms with van der Waals surface area (Å²) < 4.78 is 23.5. The number of thioether (sulfide) groups is 1. The van der Waals surface area contributed by atoms with Gasteiger partial charge < -0.3 is 10.2 Å². The molecule has 3 heterocycles. The van der Waals surface area contributed by atoms with E-state index in [1.165, 1.54) is 43.9 Å². The number of aliphatic imine (C=N–C) groups is 1. The molecule has 1 aromatic carbocycles. The van der Waals surface area contributed by atoms with E-state index >= 15 is 0 Å². The Hall–Kier alpha value is -1.58. The summed E-state index contributed by atoms with van der Waals surface area (Å²) in [6.45, 7) is 3.50. The standard InChI is InChI=1S/C22H30N4O3S2/c27-21(26-11-9-25(10-12-26)18-7-2-1-3-8-18)16-5-4-6-17(13-16)23-22-24-19-14-31(28,29)15-20(19)30-22/h4-6,13,18-20H,1-3,7-12,14-15H2,(H,23,24)/t19-,20-/m0/s1. The molecule has 0 bridgehead atoms. The maximum absolute atomic E-state index is 13.1. The molecule has 1 aromatic rings. The van der Waals surface area contributed by atoms with Crippen LogP contribution in [0.4, 0.5) is 5.69 Å². The van der Waals surface area contributed by atoms with Gasteiger partial charge in [0.2, 0.25) is 0 Å². The molecule has 0 unspecified atom stereocenters. The van der Waals surface area contributed by atoms with Crippen molar-refractivity contribution in [3.05, 3.63) is 29.8 Å². The smallest absolute Gasteiger partial charge is 0.254 e. The largest absolute Gasteiger partial charge is 0.336 e. The van der Waals surface area contributed by atoms with Crippen LogP contribution in [0, 0.1) is 0 Å². The van der Waals surface area contributed by atoms with Crippen molar-refractivity contribution in [2.75, 3.05) is 43.0 Å². The highest BCUT2D eigenvalue weighted by Gasteiger charge is 2.42. The number of amidine groups is 1. The zero-order valence-corrected chi connectivity index (χ0v) is 19.3. The van der Waals surface area contributed by atoms with Crippen LogP contribution in [0.25, 0.3) is 0 Å². The number of anilines is 1. The zero-order chi connectivity index (χ0) is 21.4. The minimum Gasteiger partial charge on any atom is -0.336 e. The van der Waals surface area contributed by atoms with Gasteiger partial charge in [0.25, 0.3) is 5.91 Å². The van der Waals surface area contributed by atoms with Crippen molar-refractivity contribution in [1.29, 1.82) is 0 Å². The Bertz CT molecular complexity index is 967. The number of fused-ring (bicyclic) bond motifs is 1. The predicted octanol–water partition coefficient (Wildman–Crippen LogP) is 2.46. The summed E-state index contributed by atoms with van der Waals surface area (Å²) in [6.07, 6.45) is 6.65. The molecule has 1 amide bonds. The lowest BCUT2D eigenvalue weighted by Crippen LogP contribution is -2.52. The third kappa shape index (κ3) is 4.78. The number of sulfone groups is 1. The van der Waals surface area contributed by atoms with E-state index in [0.717, 1.165) is 37.0 Å². The van der Waals surface area contributed by atoms with Gasteiger partial charge in [0.15, 0.2) is 15.0 Å². The van der Waals surface area contributed by atoms with Crippen molar-refractivity contribution in [2.45, 2.75) is 49.4 Å². The fourth-order valence-electron chi connectivity index (χ4n) is 5.19. The maximum atomic E-state index is 13.1. The van der Waals surface area contributed by atoms with Crippen LogP contribution in [-0.2, 0) is 9.84 Å². The Labute approximate surface area is 188 Å². The molecular formula is C22H30N4O3S2. The molecule has 0 spiro atoms. The van der Waals surface area contributed by atoms with Crippen LogP contribution in [0.3, 0.4) is 0 Å². The summed E-state index contributed by atoms with van der Waals surface area (Å²) >= 11 is 1.49. The SMILES string of the molecule is O=C(c1cccc(NC2=N[C@H]3CS(=O)(=O)C[C@@H]3S2)c1)N1CCN(C2CCCCC2)CC1. The molecule has 2 saturated heterocycles. The second-order valence-corrected chi connectivity index (χ2v) is 12.4. The molecule has 3 fully saturated rings. The van der Waals surface area contributed by atoms with Crippen molar-refractivity contribution in [3.63, 3.8) is 0 Å². The van der Waals surface area contributed by atoms with Gasteiger partial charge in [-0.3, -0.25) is 14.7 Å². The number of carbonyl (C=O) groups is 1. The van der Waals surface area contributed by atoms with Crippen LogP contribution in [0.5, 0.6) is 0 Å². The Balaban J connectivity index is 1.18. The summed E-state index contributed by atoms with van der Waals surface area (Å²) in [7, 11) is -2.95. The molecule has 2 atom stereocenters. The molecule has 5 rings (SSSR count). The van der Waals surface area contributed by atoms with Crippen molar-refractivity contribution < 1.29 is 13.2 Å². The van der Waals surface area contributed by atoms with E-state index in [1.807, 2.05) is 29.2 Å². The average Bonchev–Trinajstić information content (AvgIpc) is 3.26. The third-order valence-corrected chi connectivity index (χ3v) is 10.0. The first-order valence-corrected chi connectivity index (χ1v) is 14.0. The monoisotopic (exact) mass is 462 g/mol. The lowest BCUT2D eigenvalue weighted by atomic mass is 9.94. The van der Waals surface area contributed by atoms with Crippen molar-refractivity contribution in [2.24, 2.45) is 4.99 Å². The highest BCUT2D eigenvalue weighted by Crippen LogP contribution is 2.34. The summed E-state index contributed by atoms with van der Waals surface area (Å²) in [5.41, 5.74) is 1.50. The normalized spacial score (nSPS) is 28.9. The quantitative estimate of drug-likeness (QED) is 0.743. The summed E-state index contributed by atoms with van der Waals surface area (Å²) in [5.74, 6) is 0.416. The van der Waals surface area contributed by atoms with Crippen molar-refractivity contribution in [3.8, 4) is 0 Å². The van der Waals surface area contributed by atoms with E-state index in [-0.39, 0.29) is 28.7 Å². The molecular weight excluding hydrogens is 432 g/mol. The minimum atomic E-state index is -2.95.